The summed E-state index contributed by atoms with van der Waals surface area (Å²) in [7, 11) is 0. The lowest BCUT2D eigenvalue weighted by Gasteiger charge is -1.96. The molecule has 2 heterocycles. The highest BCUT2D eigenvalue weighted by Crippen LogP contribution is 2.32. The van der Waals surface area contributed by atoms with Gasteiger partial charge in [0.15, 0.2) is 0 Å². The largest absolute Gasteiger partial charge is 0.382 e. The molecule has 0 spiro atoms. The van der Waals surface area contributed by atoms with Gasteiger partial charge < -0.3 is 11.5 Å². The molecular weight excluding hydrogens is 196 g/mol. The molecule has 0 radical (unpaired) electrons. The Morgan fingerprint density at radius 3 is 2.64 bits per heavy atom. The Balaban J connectivity index is 2.70. The van der Waals surface area contributed by atoms with Gasteiger partial charge in [-0.25, -0.2) is 4.98 Å². The van der Waals surface area contributed by atoms with Crippen molar-refractivity contribution in [3.63, 3.8) is 0 Å². The lowest BCUT2D eigenvalue weighted by Crippen LogP contribution is -1.98. The first-order valence-corrected chi connectivity index (χ1v) is 5.22. The smallest absolute Gasteiger partial charge is 0.222 e. The predicted octanol–water partition coefficient (Wildman–Crippen LogP) is 1.98. The van der Waals surface area contributed by atoms with Crippen molar-refractivity contribution in [2.45, 2.75) is 19.8 Å². The highest BCUT2D eigenvalue weighted by molar-refractivity contribution is 7.19. The Bertz CT molecular complexity index is 475. The molecule has 0 aliphatic heterocycles. The van der Waals surface area contributed by atoms with E-state index in [2.05, 4.69) is 23.8 Å². The molecule has 2 rings (SSSR count). The van der Waals surface area contributed by atoms with Crippen LogP contribution in [0.25, 0.3) is 10.2 Å². The molecule has 74 valence electrons. The number of nitrogen functional groups attached to an aromatic ring is 2. The van der Waals surface area contributed by atoms with Gasteiger partial charge in [-0.15, -0.1) is 11.3 Å². The molecule has 0 aromatic carbocycles. The molecule has 0 fully saturated rings. The summed E-state index contributed by atoms with van der Waals surface area (Å²) in [6.07, 6.45) is 0. The summed E-state index contributed by atoms with van der Waals surface area (Å²) < 4.78 is 0.933. The molecule has 5 heteroatoms. The van der Waals surface area contributed by atoms with Gasteiger partial charge in [0.05, 0.1) is 10.2 Å². The van der Waals surface area contributed by atoms with Crippen molar-refractivity contribution in [1.29, 1.82) is 0 Å². The lowest BCUT2D eigenvalue weighted by atomic mass is 10.2. The standard InChI is InChI=1S/C9H12N4S/c1-4(2)6-3-5-7(14-6)8(10)13-9(11)12-5/h3-4H,1-2H3,(H4,10,11,12,13). The van der Waals surface area contributed by atoms with Crippen LogP contribution in [0.15, 0.2) is 6.07 Å². The van der Waals surface area contributed by atoms with Crippen molar-refractivity contribution in [2.24, 2.45) is 0 Å². The summed E-state index contributed by atoms with van der Waals surface area (Å²) in [5.41, 5.74) is 12.1. The quantitative estimate of drug-likeness (QED) is 0.751. The third-order valence-corrected chi connectivity index (χ3v) is 3.45. The first-order valence-electron chi connectivity index (χ1n) is 4.40. The normalized spacial score (nSPS) is 11.4. The number of nitrogens with two attached hydrogens (primary N) is 2. The first kappa shape index (κ1) is 9.21. The van der Waals surface area contributed by atoms with Crippen molar-refractivity contribution in [2.75, 3.05) is 11.5 Å². The molecule has 0 unspecified atom stereocenters. The maximum absolute atomic E-state index is 5.75. The zero-order valence-corrected chi connectivity index (χ0v) is 8.93. The Labute approximate surface area is 86.0 Å². The SMILES string of the molecule is CC(C)c1cc2nc(N)nc(N)c2s1. The second-order valence-electron chi connectivity index (χ2n) is 3.48. The highest BCUT2D eigenvalue weighted by Gasteiger charge is 2.10. The van der Waals surface area contributed by atoms with Crippen molar-refractivity contribution in [3.8, 4) is 0 Å². The average Bonchev–Trinajstić information content (AvgIpc) is 2.47. The van der Waals surface area contributed by atoms with E-state index in [1.54, 1.807) is 11.3 Å². The van der Waals surface area contributed by atoms with Crippen LogP contribution in [0.2, 0.25) is 0 Å². The Kier molecular flexibility index (Phi) is 2.03. The van der Waals surface area contributed by atoms with E-state index in [1.165, 1.54) is 4.88 Å². The number of thiophene rings is 1. The van der Waals surface area contributed by atoms with Gasteiger partial charge in [0.1, 0.15) is 5.82 Å². The third-order valence-electron chi connectivity index (χ3n) is 2.00. The molecule has 4 N–H and O–H groups in total. The van der Waals surface area contributed by atoms with Crippen molar-refractivity contribution < 1.29 is 0 Å². The van der Waals surface area contributed by atoms with Crippen molar-refractivity contribution >= 4 is 33.3 Å². The summed E-state index contributed by atoms with van der Waals surface area (Å²) in [5, 5.41) is 0. The number of rotatable bonds is 1. The van der Waals surface area contributed by atoms with E-state index in [0.717, 1.165) is 10.2 Å². The molecular formula is C9H12N4S. The Morgan fingerprint density at radius 2 is 2.00 bits per heavy atom. The summed E-state index contributed by atoms with van der Waals surface area (Å²) in [4.78, 5) is 9.32. The molecule has 0 saturated heterocycles. The van der Waals surface area contributed by atoms with Gasteiger partial charge in [-0.3, -0.25) is 0 Å². The van der Waals surface area contributed by atoms with Crippen molar-refractivity contribution in [3.05, 3.63) is 10.9 Å². The van der Waals surface area contributed by atoms with Gasteiger partial charge in [-0.05, 0) is 12.0 Å². The van der Waals surface area contributed by atoms with Crippen LogP contribution in [0.4, 0.5) is 11.8 Å². The third kappa shape index (κ3) is 1.39. The number of hydrogen-bond donors (Lipinski definition) is 2. The molecule has 0 aliphatic carbocycles. The predicted molar refractivity (Wildman–Crippen MR) is 60.3 cm³/mol. The van der Waals surface area contributed by atoms with Gasteiger partial charge in [0, 0.05) is 4.88 Å². The monoisotopic (exact) mass is 208 g/mol. The first-order chi connectivity index (χ1) is 6.58. The number of anilines is 2. The molecule has 0 saturated carbocycles. The van der Waals surface area contributed by atoms with Gasteiger partial charge >= 0.3 is 0 Å². The maximum atomic E-state index is 5.75. The molecule has 14 heavy (non-hydrogen) atoms. The van der Waals surface area contributed by atoms with Crippen LogP contribution in [-0.4, -0.2) is 9.97 Å². The summed E-state index contributed by atoms with van der Waals surface area (Å²) >= 11 is 1.64. The van der Waals surface area contributed by atoms with E-state index < -0.39 is 0 Å². The molecule has 0 bridgehead atoms. The molecule has 4 nitrogen and oxygen atoms in total. The van der Waals surface area contributed by atoms with E-state index in [4.69, 9.17) is 11.5 Å². The van der Waals surface area contributed by atoms with Crippen LogP contribution < -0.4 is 11.5 Å². The second kappa shape index (κ2) is 3.09. The van der Waals surface area contributed by atoms with Gasteiger partial charge in [-0.2, -0.15) is 4.98 Å². The lowest BCUT2D eigenvalue weighted by molar-refractivity contribution is 0.890. The van der Waals surface area contributed by atoms with Gasteiger partial charge in [-0.1, -0.05) is 13.8 Å². The fourth-order valence-electron chi connectivity index (χ4n) is 1.27. The topological polar surface area (TPSA) is 77.8 Å². The van der Waals surface area contributed by atoms with Crippen LogP contribution in [0, 0.1) is 0 Å². The van der Waals surface area contributed by atoms with Gasteiger partial charge in [0.25, 0.3) is 0 Å². The van der Waals surface area contributed by atoms with E-state index in [-0.39, 0.29) is 5.95 Å². The van der Waals surface area contributed by atoms with E-state index in [1.807, 2.05) is 6.07 Å². The Hall–Kier alpha value is -1.36. The zero-order valence-electron chi connectivity index (χ0n) is 8.11. The number of nitrogens with zero attached hydrogens (tertiary/aromatic N) is 2. The second-order valence-corrected chi connectivity index (χ2v) is 4.57. The van der Waals surface area contributed by atoms with Crippen LogP contribution in [0.3, 0.4) is 0 Å². The summed E-state index contributed by atoms with van der Waals surface area (Å²) in [6.45, 7) is 4.27. The summed E-state index contributed by atoms with van der Waals surface area (Å²) in [6, 6.07) is 2.03. The molecule has 2 aromatic rings. The molecule has 2 aromatic heterocycles. The fourth-order valence-corrected chi connectivity index (χ4v) is 2.27. The molecule has 0 aliphatic rings. The average molecular weight is 208 g/mol. The van der Waals surface area contributed by atoms with Gasteiger partial charge in [0.2, 0.25) is 5.95 Å². The maximum Gasteiger partial charge on any atom is 0.222 e. The minimum atomic E-state index is 0.239. The van der Waals surface area contributed by atoms with Crippen LogP contribution in [-0.2, 0) is 0 Å². The number of fused-ring (bicyclic) bond motifs is 1. The fraction of sp³-hybridized carbons (Fsp3) is 0.333. The van der Waals surface area contributed by atoms with Crippen LogP contribution >= 0.6 is 11.3 Å². The van der Waals surface area contributed by atoms with Crippen molar-refractivity contribution in [1.82, 2.24) is 9.97 Å². The Morgan fingerprint density at radius 1 is 1.29 bits per heavy atom. The molecule has 0 atom stereocenters. The minimum absolute atomic E-state index is 0.239. The zero-order chi connectivity index (χ0) is 10.3. The van der Waals surface area contributed by atoms with E-state index >= 15 is 0 Å². The number of aromatic nitrogens is 2. The summed E-state index contributed by atoms with van der Waals surface area (Å²) in [5.74, 6) is 1.20. The van der Waals surface area contributed by atoms with Crippen LogP contribution in [0.1, 0.15) is 24.6 Å². The van der Waals surface area contributed by atoms with E-state index in [0.29, 0.717) is 11.7 Å². The van der Waals surface area contributed by atoms with Crippen LogP contribution in [0.5, 0.6) is 0 Å². The highest BCUT2D eigenvalue weighted by atomic mass is 32.1. The minimum Gasteiger partial charge on any atom is -0.382 e. The molecule has 0 amide bonds. The van der Waals surface area contributed by atoms with E-state index in [9.17, 15) is 0 Å². The number of hydrogen-bond acceptors (Lipinski definition) is 5.